The van der Waals surface area contributed by atoms with Crippen molar-refractivity contribution in [3.8, 4) is 0 Å². The van der Waals surface area contributed by atoms with Gasteiger partial charge in [-0.25, -0.2) is 15.0 Å². The molecular formula is C46H59N15O3. The maximum Gasteiger partial charge on any atom is 0.263 e. The van der Waals surface area contributed by atoms with E-state index in [1.807, 2.05) is 44.4 Å². The summed E-state index contributed by atoms with van der Waals surface area (Å²) in [5, 5.41) is 21.8. The standard InChI is InChI=1S/C46H59N15O3/c1-28-36-25-49-46(54-43(36)61(32-8-6-7-9-32)45(64)41(28)29(2)62)53-38-12-10-33(24-48-38)59-20-18-58(19-21-59)26-30-16-17-60(27-30)34-22-31(23-34)50-42-35(11-13-37(47-3)51-42)44(63)52-39-14-15-40(56-55-39)57(4)5/h10-15,24-25,30-32,34H,6-9,16-23,26-27H2,1-5H3,(H2,47,50,51)(H,52,55,63)(H,48,49,53,54). The summed E-state index contributed by atoms with van der Waals surface area (Å²) in [5.74, 6) is 3.48. The number of pyridine rings is 3. The SMILES string of the molecule is CNc1ccc(C(=O)Nc2ccc(N(C)C)nn2)c(NC2CC(N3CCC(CN4CCN(c5ccc(Nc6ncc7c(C)c(C(C)=O)c(=O)n(C8CCCC8)c7n6)nc5)CC4)C3)C2)n1. The highest BCUT2D eigenvalue weighted by Crippen LogP contribution is 2.35. The Morgan fingerprint density at radius 1 is 0.844 bits per heavy atom. The van der Waals surface area contributed by atoms with Crippen molar-refractivity contribution >= 4 is 63.4 Å². The summed E-state index contributed by atoms with van der Waals surface area (Å²) in [5.41, 5.74) is 2.70. The van der Waals surface area contributed by atoms with Gasteiger partial charge in [-0.05, 0) is 100 Å². The molecule has 5 aromatic rings. The molecule has 1 amide bonds. The van der Waals surface area contributed by atoms with Gasteiger partial charge in [-0.3, -0.25) is 28.8 Å². The van der Waals surface area contributed by atoms with Crippen molar-refractivity contribution < 1.29 is 9.59 Å². The Bertz CT molecular complexity index is 2550. The predicted octanol–water partition coefficient (Wildman–Crippen LogP) is 5.19. The number of nitrogens with one attached hydrogen (secondary N) is 4. The smallest absolute Gasteiger partial charge is 0.263 e. The summed E-state index contributed by atoms with van der Waals surface area (Å²) >= 11 is 0. The van der Waals surface area contributed by atoms with E-state index in [2.05, 4.69) is 57.2 Å². The van der Waals surface area contributed by atoms with Gasteiger partial charge in [0, 0.05) is 90.1 Å². The Morgan fingerprint density at radius 2 is 1.61 bits per heavy atom. The maximum absolute atomic E-state index is 13.6. The van der Waals surface area contributed by atoms with Crippen molar-refractivity contribution in [1.29, 1.82) is 0 Å². The molecule has 4 N–H and O–H groups in total. The van der Waals surface area contributed by atoms with Gasteiger partial charge < -0.3 is 31.1 Å². The van der Waals surface area contributed by atoms with Crippen LogP contribution in [0.2, 0.25) is 0 Å². The predicted molar refractivity (Wildman–Crippen MR) is 250 cm³/mol. The average Bonchev–Trinajstić information content (AvgIpc) is 3.98. The van der Waals surface area contributed by atoms with Crippen molar-refractivity contribution in [2.75, 3.05) is 98.0 Å². The second-order valence-corrected chi connectivity index (χ2v) is 18.0. The molecular weight excluding hydrogens is 811 g/mol. The first-order chi connectivity index (χ1) is 31.0. The third kappa shape index (κ3) is 9.06. The van der Waals surface area contributed by atoms with Gasteiger partial charge in [0.25, 0.3) is 11.5 Å². The van der Waals surface area contributed by atoms with Crippen molar-refractivity contribution in [2.45, 2.75) is 76.9 Å². The Labute approximate surface area is 373 Å². The van der Waals surface area contributed by atoms with E-state index in [0.29, 0.717) is 63.8 Å². The van der Waals surface area contributed by atoms with Crippen molar-refractivity contribution in [3.05, 3.63) is 75.8 Å². The lowest BCUT2D eigenvalue weighted by molar-refractivity contribution is 0.101. The molecule has 2 saturated carbocycles. The topological polar surface area (TPSA) is 195 Å². The number of hydrogen-bond acceptors (Lipinski definition) is 16. The molecule has 2 aliphatic heterocycles. The second kappa shape index (κ2) is 18.4. The van der Waals surface area contributed by atoms with E-state index < -0.39 is 0 Å². The van der Waals surface area contributed by atoms with Crippen LogP contribution in [0, 0.1) is 12.8 Å². The summed E-state index contributed by atoms with van der Waals surface area (Å²) < 4.78 is 1.73. The fraction of sp³-hybridized carbons (Fsp3) is 0.500. The van der Waals surface area contributed by atoms with Gasteiger partial charge >= 0.3 is 0 Å². The normalized spacial score (nSPS) is 20.6. The molecule has 2 aliphatic carbocycles. The van der Waals surface area contributed by atoms with Crippen LogP contribution in [0.1, 0.15) is 84.2 Å². The lowest BCUT2D eigenvalue weighted by Gasteiger charge is -2.42. The lowest BCUT2D eigenvalue weighted by atomic mass is 9.85. The molecule has 0 aromatic carbocycles. The molecule has 4 aliphatic rings. The molecule has 336 valence electrons. The van der Waals surface area contributed by atoms with E-state index in [1.54, 1.807) is 35.9 Å². The molecule has 4 fully saturated rings. The number of ketones is 1. The number of carbonyl (C=O) groups excluding carboxylic acids is 2. The quantitative estimate of drug-likeness (QED) is 0.106. The van der Waals surface area contributed by atoms with Crippen LogP contribution in [0.15, 0.2) is 53.6 Å². The zero-order valence-electron chi connectivity index (χ0n) is 37.5. The molecule has 1 unspecified atom stereocenters. The number of amides is 1. The van der Waals surface area contributed by atoms with Crippen molar-refractivity contribution in [3.63, 3.8) is 0 Å². The Balaban J connectivity index is 0.741. The van der Waals surface area contributed by atoms with Gasteiger partial charge in [0.15, 0.2) is 17.4 Å². The monoisotopic (exact) mass is 869 g/mol. The molecule has 7 heterocycles. The first-order valence-corrected chi connectivity index (χ1v) is 22.7. The van der Waals surface area contributed by atoms with E-state index >= 15 is 0 Å². The van der Waals surface area contributed by atoms with Gasteiger partial charge in [0.2, 0.25) is 5.95 Å². The molecule has 5 aromatic heterocycles. The fourth-order valence-corrected chi connectivity index (χ4v) is 9.87. The van der Waals surface area contributed by atoms with Crippen LogP contribution in [0.4, 0.5) is 40.7 Å². The molecule has 18 nitrogen and oxygen atoms in total. The number of aryl methyl sites for hydroxylation is 1. The highest BCUT2D eigenvalue weighted by molar-refractivity contribution is 6.07. The highest BCUT2D eigenvalue weighted by atomic mass is 16.2. The van der Waals surface area contributed by atoms with Gasteiger partial charge in [-0.15, -0.1) is 10.2 Å². The molecule has 18 heteroatoms. The van der Waals surface area contributed by atoms with Crippen LogP contribution < -0.4 is 36.6 Å². The number of piperazine rings is 1. The van der Waals surface area contributed by atoms with Crippen LogP contribution >= 0.6 is 0 Å². The summed E-state index contributed by atoms with van der Waals surface area (Å²) in [6, 6.07) is 12.0. The third-order valence-corrected chi connectivity index (χ3v) is 13.5. The zero-order valence-corrected chi connectivity index (χ0v) is 37.5. The van der Waals surface area contributed by atoms with Gasteiger partial charge in [0.1, 0.15) is 23.1 Å². The molecule has 2 saturated heterocycles. The number of carbonyl (C=O) groups is 2. The summed E-state index contributed by atoms with van der Waals surface area (Å²) in [6.45, 7) is 10.5. The largest absolute Gasteiger partial charge is 0.373 e. The molecule has 9 rings (SSSR count). The number of nitrogens with zero attached hydrogens (tertiary/aromatic N) is 11. The molecule has 64 heavy (non-hydrogen) atoms. The minimum Gasteiger partial charge on any atom is -0.373 e. The minimum atomic E-state index is -0.282. The summed E-state index contributed by atoms with van der Waals surface area (Å²) in [6.07, 6.45) is 10.7. The van der Waals surface area contributed by atoms with E-state index in [9.17, 15) is 14.4 Å². The minimum absolute atomic E-state index is 0.0199. The van der Waals surface area contributed by atoms with E-state index in [4.69, 9.17) is 15.0 Å². The number of fused-ring (bicyclic) bond motifs is 1. The van der Waals surface area contributed by atoms with Crippen molar-refractivity contribution in [2.24, 2.45) is 5.92 Å². The Morgan fingerprint density at radius 3 is 2.30 bits per heavy atom. The first-order valence-electron chi connectivity index (χ1n) is 22.7. The maximum atomic E-state index is 13.6. The average molecular weight is 870 g/mol. The summed E-state index contributed by atoms with van der Waals surface area (Å²) in [7, 11) is 5.61. The molecule has 0 bridgehead atoms. The number of likely N-dealkylation sites (tertiary alicyclic amines) is 1. The molecule has 0 spiro atoms. The van der Waals surface area contributed by atoms with Crippen LogP contribution in [0.3, 0.4) is 0 Å². The van der Waals surface area contributed by atoms with Crippen LogP contribution in [-0.4, -0.2) is 135 Å². The van der Waals surface area contributed by atoms with E-state index in [1.165, 1.54) is 13.3 Å². The highest BCUT2D eigenvalue weighted by Gasteiger charge is 2.38. The Kier molecular flexibility index (Phi) is 12.4. The van der Waals surface area contributed by atoms with Gasteiger partial charge in [0.05, 0.1) is 23.0 Å². The fourth-order valence-electron chi connectivity index (χ4n) is 9.87. The van der Waals surface area contributed by atoms with Crippen molar-refractivity contribution in [1.82, 2.24) is 44.5 Å². The number of hydrogen-bond donors (Lipinski definition) is 4. The molecule has 1 atom stereocenters. The van der Waals surface area contributed by atoms with Gasteiger partial charge in [-0.1, -0.05) is 12.8 Å². The van der Waals surface area contributed by atoms with Crippen LogP contribution in [-0.2, 0) is 0 Å². The van der Waals surface area contributed by atoms with E-state index in [-0.39, 0.29) is 34.9 Å². The summed E-state index contributed by atoms with van der Waals surface area (Å²) in [4.78, 5) is 67.8. The zero-order chi connectivity index (χ0) is 44.5. The third-order valence-electron chi connectivity index (χ3n) is 13.5. The number of Topliss-reactive ketones (excluding diaryl/α,β-unsaturated/α-hetero) is 1. The molecule has 0 radical (unpaired) electrons. The van der Waals surface area contributed by atoms with Crippen LogP contribution in [0.5, 0.6) is 0 Å². The Hall–Kier alpha value is -6.27. The number of rotatable bonds is 14. The van der Waals surface area contributed by atoms with E-state index in [0.717, 1.165) is 95.4 Å². The van der Waals surface area contributed by atoms with Gasteiger partial charge in [-0.2, -0.15) is 4.98 Å². The number of aromatic nitrogens is 7. The first kappa shape index (κ1) is 43.0. The second-order valence-electron chi connectivity index (χ2n) is 18.0. The van der Waals surface area contributed by atoms with Crippen LogP contribution in [0.25, 0.3) is 11.0 Å². The lowest BCUT2D eigenvalue weighted by Crippen LogP contribution is -2.50. The number of anilines is 7.